The number of aromatic nitrogens is 4. The summed E-state index contributed by atoms with van der Waals surface area (Å²) in [5.74, 6) is 1.62. The zero-order chi connectivity index (χ0) is 55.7. The van der Waals surface area contributed by atoms with E-state index in [1.165, 1.54) is 21.5 Å². The van der Waals surface area contributed by atoms with Crippen molar-refractivity contribution in [3.05, 3.63) is 221 Å². The van der Waals surface area contributed by atoms with E-state index in [0.29, 0.717) is 29.2 Å². The smallest absolute Gasteiger partial charge is 0.389 e. The normalized spacial score (nSPS) is 23.6. The first-order chi connectivity index (χ1) is 37.9. The van der Waals surface area contributed by atoms with Crippen molar-refractivity contribution in [2.45, 2.75) is 107 Å². The van der Waals surface area contributed by atoms with Gasteiger partial charge in [-0.25, -0.2) is 14.2 Å². The molecule has 2 N–H and O–H groups in total. The molecule has 0 saturated carbocycles. The van der Waals surface area contributed by atoms with Crippen molar-refractivity contribution < 1.29 is 41.7 Å². The van der Waals surface area contributed by atoms with E-state index in [2.05, 4.69) is 55.0 Å². The van der Waals surface area contributed by atoms with Gasteiger partial charge in [-0.05, 0) is 88.0 Å². The summed E-state index contributed by atoms with van der Waals surface area (Å²) < 4.78 is 71.9. The molecule has 2 aromatic heterocycles. The zero-order valence-corrected chi connectivity index (χ0v) is 47.8. The van der Waals surface area contributed by atoms with Gasteiger partial charge in [-0.15, -0.1) is 0 Å². The number of H-pyrrole nitrogens is 2. The van der Waals surface area contributed by atoms with Gasteiger partial charge in [-0.1, -0.05) is 136 Å². The van der Waals surface area contributed by atoms with E-state index in [9.17, 15) is 19.2 Å². The summed E-state index contributed by atoms with van der Waals surface area (Å²) >= 11 is 1.05. The van der Waals surface area contributed by atoms with Crippen LogP contribution in [0.15, 0.2) is 171 Å². The molecular formula is C59H65N4O13PSSi. The molecule has 0 bridgehead atoms. The van der Waals surface area contributed by atoms with Crippen molar-refractivity contribution in [2.24, 2.45) is 0 Å². The fourth-order valence-corrected chi connectivity index (χ4v) is 19.7. The van der Waals surface area contributed by atoms with Gasteiger partial charge in [0, 0.05) is 42.1 Å². The highest BCUT2D eigenvalue weighted by Crippen LogP contribution is 2.67. The first-order valence-corrected chi connectivity index (χ1v) is 31.3. The highest BCUT2D eigenvalue weighted by Gasteiger charge is 2.57. The van der Waals surface area contributed by atoms with Crippen LogP contribution in [0.25, 0.3) is 0 Å². The van der Waals surface area contributed by atoms with Crippen LogP contribution in [0.3, 0.4) is 0 Å². The standard InChI is InChI=1S/C59H65N4O13PSSi/c1-38-35-62(56(66)60-54(38)64)51-33-48(50(72-51)37-71-59(40-17-11-8-12-18-40,41-23-27-43(69-6)28-24-41)42-25-29-44(70-7)30-26-42)75-77(68)74-47(31-32-78-77)53-49(34-52(73-53)63-36-39(2)55(65)61-57(63)67)76-79(58(3,4)5,45-19-13-9-14-20-45)46-21-15-10-16-22-46/h8-30,35-36,47-53H,31-34,37H2,1-7H3,(H,60,64,66)(H,61,65,67)/t47-,48-,49-,50+,51+,52+,53+,77-/m0/s1. The fourth-order valence-electron chi connectivity index (χ4n) is 11.2. The Labute approximate surface area is 462 Å². The molecule has 3 fully saturated rings. The molecule has 0 amide bonds. The maximum atomic E-state index is 15.7. The largest absolute Gasteiger partial charge is 0.497 e. The van der Waals surface area contributed by atoms with Crippen LogP contribution >= 0.6 is 18.2 Å². The van der Waals surface area contributed by atoms with Crippen molar-refractivity contribution >= 4 is 36.9 Å². The van der Waals surface area contributed by atoms with Crippen LogP contribution in [0.5, 0.6) is 11.5 Å². The number of nitrogens with one attached hydrogen (secondary N) is 2. The first kappa shape index (κ1) is 55.9. The second-order valence-electron chi connectivity index (χ2n) is 21.1. The second kappa shape index (κ2) is 23.0. The molecule has 3 saturated heterocycles. The zero-order valence-electron chi connectivity index (χ0n) is 45.1. The molecule has 3 aliphatic rings. The summed E-state index contributed by atoms with van der Waals surface area (Å²) in [6.07, 6.45) is -2.87. The third kappa shape index (κ3) is 11.1. The summed E-state index contributed by atoms with van der Waals surface area (Å²) in [4.78, 5) is 57.3. The number of hydrogen-bond donors (Lipinski definition) is 2. The Morgan fingerprint density at radius 3 is 1.61 bits per heavy atom. The Kier molecular flexibility index (Phi) is 16.3. The van der Waals surface area contributed by atoms with E-state index in [4.69, 9.17) is 37.2 Å². The number of methoxy groups -OCH3 is 2. The van der Waals surface area contributed by atoms with Crippen LogP contribution in [0.1, 0.15) is 80.3 Å². The number of rotatable bonds is 17. The van der Waals surface area contributed by atoms with E-state index < -0.39 is 91.2 Å². The molecule has 17 nitrogen and oxygen atoms in total. The van der Waals surface area contributed by atoms with Gasteiger partial charge in [0.15, 0.2) is 0 Å². The van der Waals surface area contributed by atoms with Crippen LogP contribution in [0, 0.1) is 13.8 Å². The van der Waals surface area contributed by atoms with E-state index >= 15 is 4.57 Å². The van der Waals surface area contributed by atoms with Crippen molar-refractivity contribution in [3.8, 4) is 11.5 Å². The van der Waals surface area contributed by atoms with Crippen molar-refractivity contribution in [1.29, 1.82) is 0 Å². The third-order valence-corrected chi connectivity index (χ3v) is 24.0. The van der Waals surface area contributed by atoms with E-state index in [-0.39, 0.29) is 25.0 Å². The van der Waals surface area contributed by atoms with Gasteiger partial charge < -0.3 is 28.1 Å². The highest BCUT2D eigenvalue weighted by molar-refractivity contribution is 8.55. The van der Waals surface area contributed by atoms with Crippen molar-refractivity contribution in [1.82, 2.24) is 19.1 Å². The number of aromatic amines is 2. The molecule has 10 rings (SSSR count). The van der Waals surface area contributed by atoms with E-state index in [0.717, 1.165) is 38.4 Å². The van der Waals surface area contributed by atoms with Crippen molar-refractivity contribution in [3.63, 3.8) is 0 Å². The summed E-state index contributed by atoms with van der Waals surface area (Å²) in [7, 11) is -0.0970. The van der Waals surface area contributed by atoms with Crippen LogP contribution in [-0.2, 0) is 37.9 Å². The molecule has 5 heterocycles. The average molecular weight is 1130 g/mol. The molecule has 0 unspecified atom stereocenters. The van der Waals surface area contributed by atoms with Gasteiger partial charge >= 0.3 is 18.2 Å². The van der Waals surface area contributed by atoms with Gasteiger partial charge in [-0.3, -0.25) is 37.7 Å². The first-order valence-electron chi connectivity index (χ1n) is 26.3. The Morgan fingerprint density at radius 2 is 1.11 bits per heavy atom. The minimum Gasteiger partial charge on any atom is -0.497 e. The SMILES string of the molecule is COc1ccc(C(OC[C@H]2O[C@@H](n3cc(C)c(=O)[nH]c3=O)C[C@@H]2O[P@]2(=O)O[C@H]([C@H]3O[C@@H](n4cc(C)c(=O)[nH]c4=O)C[C@@H]3O[Si](c3ccccc3)(c3ccccc3)C(C)(C)C)CCS2)(c2ccccc2)c2ccc(OC)cc2)cc1. The van der Waals surface area contributed by atoms with E-state index in [1.807, 2.05) is 115 Å². The number of ether oxygens (including phenoxy) is 5. The number of hydrogen-bond acceptors (Lipinski definition) is 14. The average Bonchev–Trinajstić information content (AvgIpc) is 4.28. The molecule has 414 valence electrons. The summed E-state index contributed by atoms with van der Waals surface area (Å²) in [5, 5.41) is 1.60. The number of nitrogens with zero attached hydrogens (tertiary/aromatic N) is 2. The lowest BCUT2D eigenvalue weighted by Gasteiger charge is -2.46. The predicted octanol–water partition coefficient (Wildman–Crippen LogP) is 8.27. The molecular weight excluding hydrogens is 1060 g/mol. The molecule has 0 radical (unpaired) electrons. The monoisotopic (exact) mass is 1130 g/mol. The predicted molar refractivity (Wildman–Crippen MR) is 304 cm³/mol. The van der Waals surface area contributed by atoms with Crippen LogP contribution in [0.4, 0.5) is 0 Å². The molecule has 20 heteroatoms. The molecule has 7 aromatic rings. The quantitative estimate of drug-likeness (QED) is 0.0502. The molecule has 5 aromatic carbocycles. The maximum Gasteiger partial charge on any atom is 0.389 e. The van der Waals surface area contributed by atoms with Gasteiger partial charge in [0.25, 0.3) is 19.4 Å². The summed E-state index contributed by atoms with van der Waals surface area (Å²) in [5.41, 5.74) is -0.743. The lowest BCUT2D eigenvalue weighted by molar-refractivity contribution is -0.0959. The Balaban J connectivity index is 1.02. The maximum absolute atomic E-state index is 15.7. The van der Waals surface area contributed by atoms with Gasteiger partial charge in [0.1, 0.15) is 47.9 Å². The van der Waals surface area contributed by atoms with Gasteiger partial charge in [0.2, 0.25) is 0 Å². The number of aryl methyl sites for hydroxylation is 2. The summed E-state index contributed by atoms with van der Waals surface area (Å²) in [6, 6.07) is 45.2. The highest BCUT2D eigenvalue weighted by atomic mass is 32.7. The molecule has 79 heavy (non-hydrogen) atoms. The lowest BCUT2D eigenvalue weighted by atomic mass is 9.80. The molecule has 0 spiro atoms. The van der Waals surface area contributed by atoms with Crippen LogP contribution < -0.4 is 42.3 Å². The molecule has 0 aliphatic carbocycles. The Bertz CT molecular complexity index is 3450. The lowest BCUT2D eigenvalue weighted by Crippen LogP contribution is -2.68. The van der Waals surface area contributed by atoms with Gasteiger partial charge in [-0.2, -0.15) is 0 Å². The summed E-state index contributed by atoms with van der Waals surface area (Å²) in [6.45, 7) is 5.38. The van der Waals surface area contributed by atoms with Gasteiger partial charge in [0.05, 0.1) is 33.0 Å². The van der Waals surface area contributed by atoms with Crippen LogP contribution in [0.2, 0.25) is 5.04 Å². The fraction of sp³-hybridized carbons (Fsp3) is 0.356. The Morgan fingerprint density at radius 1 is 0.646 bits per heavy atom. The second-order valence-corrected chi connectivity index (χ2v) is 29.5. The minimum atomic E-state index is -4.19. The number of benzene rings is 5. The van der Waals surface area contributed by atoms with Crippen LogP contribution in [-0.4, -0.2) is 84.5 Å². The molecule has 8 atom stereocenters. The topological polar surface area (TPSA) is 201 Å². The van der Waals surface area contributed by atoms with Crippen molar-refractivity contribution in [2.75, 3.05) is 26.6 Å². The minimum absolute atomic E-state index is 0.0114. The molecule has 3 aliphatic heterocycles. The third-order valence-electron chi connectivity index (χ3n) is 15.1. The van der Waals surface area contributed by atoms with E-state index in [1.54, 1.807) is 28.1 Å². The Hall–Kier alpha value is -6.38.